The van der Waals surface area contributed by atoms with Gasteiger partial charge < -0.3 is 10.1 Å². The first-order valence-electron chi connectivity index (χ1n) is 9.73. The molecule has 0 radical (unpaired) electrons. The van der Waals surface area contributed by atoms with Gasteiger partial charge in [0.15, 0.2) is 6.61 Å². The van der Waals surface area contributed by atoms with Crippen LogP contribution in [0.4, 0.5) is 15.8 Å². The molecule has 0 atom stereocenters. The van der Waals surface area contributed by atoms with E-state index < -0.39 is 22.6 Å². The minimum atomic E-state index is -0.540. The number of halogens is 1. The molecule has 9 nitrogen and oxygen atoms in total. The molecule has 0 bridgehead atoms. The Morgan fingerprint density at radius 1 is 1.00 bits per heavy atom. The molecule has 3 rings (SSSR count). The number of hydrazone groups is 1. The first-order valence-corrected chi connectivity index (χ1v) is 9.73. The van der Waals surface area contributed by atoms with Crippen molar-refractivity contribution < 1.29 is 23.6 Å². The van der Waals surface area contributed by atoms with E-state index in [0.29, 0.717) is 22.6 Å². The highest BCUT2D eigenvalue weighted by molar-refractivity contribution is 5.91. The summed E-state index contributed by atoms with van der Waals surface area (Å²) in [5.41, 5.74) is 3.61. The number of anilines is 1. The van der Waals surface area contributed by atoms with Crippen LogP contribution < -0.4 is 15.5 Å². The van der Waals surface area contributed by atoms with Crippen LogP contribution in [0.15, 0.2) is 77.9 Å². The summed E-state index contributed by atoms with van der Waals surface area (Å²) in [5, 5.41) is 17.4. The van der Waals surface area contributed by atoms with Crippen molar-refractivity contribution in [1.82, 2.24) is 5.43 Å². The van der Waals surface area contributed by atoms with Crippen molar-refractivity contribution in [2.75, 3.05) is 11.9 Å². The second kappa shape index (κ2) is 11.1. The zero-order chi connectivity index (χ0) is 23.6. The lowest BCUT2D eigenvalue weighted by atomic mass is 10.1. The Hall–Kier alpha value is -4.60. The summed E-state index contributed by atoms with van der Waals surface area (Å²) in [4.78, 5) is 34.4. The molecule has 0 heterocycles. The average Bonchev–Trinajstić information content (AvgIpc) is 2.80. The topological polar surface area (TPSA) is 123 Å². The lowest BCUT2D eigenvalue weighted by Gasteiger charge is -2.07. The highest BCUT2D eigenvalue weighted by atomic mass is 19.1. The van der Waals surface area contributed by atoms with Gasteiger partial charge in [-0.1, -0.05) is 18.2 Å². The molecule has 2 N–H and O–H groups in total. The lowest BCUT2D eigenvalue weighted by molar-refractivity contribution is -0.385. The van der Waals surface area contributed by atoms with Crippen molar-refractivity contribution in [2.45, 2.75) is 6.42 Å². The van der Waals surface area contributed by atoms with Crippen molar-refractivity contribution in [1.29, 1.82) is 0 Å². The van der Waals surface area contributed by atoms with Crippen molar-refractivity contribution in [3.63, 3.8) is 0 Å². The van der Waals surface area contributed by atoms with E-state index in [2.05, 4.69) is 15.8 Å². The molecule has 0 aromatic heterocycles. The first kappa shape index (κ1) is 23.1. The molecule has 0 aliphatic heterocycles. The van der Waals surface area contributed by atoms with Crippen LogP contribution in [0.2, 0.25) is 0 Å². The molecular formula is C23H19FN4O5. The fourth-order valence-electron chi connectivity index (χ4n) is 2.76. The number of carbonyl (C=O) groups is 2. The van der Waals surface area contributed by atoms with Gasteiger partial charge in [0.05, 0.1) is 17.6 Å². The van der Waals surface area contributed by atoms with Gasteiger partial charge in [-0.05, 0) is 54.1 Å². The fraction of sp³-hybridized carbons (Fsp3) is 0.0870. The number of hydrogen-bond acceptors (Lipinski definition) is 6. The number of hydrogen-bond donors (Lipinski definition) is 2. The minimum absolute atomic E-state index is 0.126. The summed E-state index contributed by atoms with van der Waals surface area (Å²) >= 11 is 0. The Balaban J connectivity index is 1.45. The van der Waals surface area contributed by atoms with E-state index in [4.69, 9.17) is 4.74 Å². The predicted octanol–water partition coefficient (Wildman–Crippen LogP) is 3.44. The largest absolute Gasteiger partial charge is 0.484 e. The number of benzene rings is 3. The molecule has 168 valence electrons. The van der Waals surface area contributed by atoms with Gasteiger partial charge in [-0.15, -0.1) is 0 Å². The number of nitrogens with one attached hydrogen (secondary N) is 2. The third-order valence-electron chi connectivity index (χ3n) is 4.32. The van der Waals surface area contributed by atoms with Crippen LogP contribution in [0.25, 0.3) is 0 Å². The molecule has 0 unspecified atom stereocenters. The molecule has 10 heteroatoms. The number of amides is 2. The van der Waals surface area contributed by atoms with Crippen LogP contribution in [0, 0.1) is 15.9 Å². The van der Waals surface area contributed by atoms with Crippen molar-refractivity contribution in [3.05, 3.63) is 99.9 Å². The van der Waals surface area contributed by atoms with E-state index in [1.807, 2.05) is 0 Å². The molecule has 0 saturated carbocycles. The van der Waals surface area contributed by atoms with Crippen LogP contribution in [0.1, 0.15) is 11.1 Å². The number of ether oxygens (including phenoxy) is 1. The molecule has 33 heavy (non-hydrogen) atoms. The molecular weight excluding hydrogens is 431 g/mol. The maximum Gasteiger partial charge on any atom is 0.273 e. The SMILES string of the molecule is O=C(Cc1ccccc1[N+](=O)[O-])NN=Cc1ccc(OCC(=O)Nc2ccc(F)cc2)cc1. The second-order valence-corrected chi connectivity index (χ2v) is 6.77. The predicted molar refractivity (Wildman–Crippen MR) is 120 cm³/mol. The Bertz CT molecular complexity index is 1160. The van der Waals surface area contributed by atoms with Crippen molar-refractivity contribution in [2.24, 2.45) is 5.10 Å². The van der Waals surface area contributed by atoms with E-state index in [9.17, 15) is 24.1 Å². The molecule has 0 aliphatic rings. The van der Waals surface area contributed by atoms with Crippen LogP contribution in [-0.4, -0.2) is 29.6 Å². The van der Waals surface area contributed by atoms with E-state index >= 15 is 0 Å². The van der Waals surface area contributed by atoms with Gasteiger partial charge in [0.25, 0.3) is 11.6 Å². The van der Waals surface area contributed by atoms with E-state index in [-0.39, 0.29) is 18.7 Å². The van der Waals surface area contributed by atoms with Crippen LogP contribution in [0.5, 0.6) is 5.75 Å². The maximum absolute atomic E-state index is 12.9. The highest BCUT2D eigenvalue weighted by Gasteiger charge is 2.15. The molecule has 2 amide bonds. The van der Waals surface area contributed by atoms with E-state index in [1.54, 1.807) is 30.3 Å². The Morgan fingerprint density at radius 2 is 1.70 bits per heavy atom. The smallest absolute Gasteiger partial charge is 0.273 e. The Morgan fingerprint density at radius 3 is 2.39 bits per heavy atom. The van der Waals surface area contributed by atoms with E-state index in [0.717, 1.165) is 0 Å². The molecule has 0 fully saturated rings. The minimum Gasteiger partial charge on any atom is -0.484 e. The lowest BCUT2D eigenvalue weighted by Crippen LogP contribution is -2.20. The summed E-state index contributed by atoms with van der Waals surface area (Å²) < 4.78 is 18.3. The Labute approximate surface area is 188 Å². The molecule has 3 aromatic rings. The number of rotatable bonds is 9. The normalized spacial score (nSPS) is 10.6. The van der Waals surface area contributed by atoms with Gasteiger partial charge in [0.1, 0.15) is 11.6 Å². The number of nitrogens with zero attached hydrogens (tertiary/aromatic N) is 2. The zero-order valence-electron chi connectivity index (χ0n) is 17.2. The van der Waals surface area contributed by atoms with Gasteiger partial charge >= 0.3 is 0 Å². The monoisotopic (exact) mass is 450 g/mol. The second-order valence-electron chi connectivity index (χ2n) is 6.77. The van der Waals surface area contributed by atoms with Gasteiger partial charge in [0.2, 0.25) is 5.91 Å². The van der Waals surface area contributed by atoms with Gasteiger partial charge in [-0.2, -0.15) is 5.10 Å². The number of para-hydroxylation sites is 1. The fourth-order valence-corrected chi connectivity index (χ4v) is 2.76. The summed E-state index contributed by atoms with van der Waals surface area (Å²) in [5.74, 6) is -0.837. The van der Waals surface area contributed by atoms with Gasteiger partial charge in [-0.25, -0.2) is 9.82 Å². The third-order valence-corrected chi connectivity index (χ3v) is 4.32. The van der Waals surface area contributed by atoms with Gasteiger partial charge in [0, 0.05) is 17.3 Å². The van der Waals surface area contributed by atoms with Crippen LogP contribution in [-0.2, 0) is 16.0 Å². The summed E-state index contributed by atoms with van der Waals surface area (Å²) in [6.07, 6.45) is 1.23. The molecule has 3 aromatic carbocycles. The Kier molecular flexibility index (Phi) is 7.79. The van der Waals surface area contributed by atoms with Crippen molar-refractivity contribution in [3.8, 4) is 5.75 Å². The maximum atomic E-state index is 12.9. The zero-order valence-corrected chi connectivity index (χ0v) is 17.2. The van der Waals surface area contributed by atoms with Crippen LogP contribution >= 0.6 is 0 Å². The van der Waals surface area contributed by atoms with Crippen LogP contribution in [0.3, 0.4) is 0 Å². The number of nitro groups is 1. The quantitative estimate of drug-likeness (QED) is 0.294. The highest BCUT2D eigenvalue weighted by Crippen LogP contribution is 2.18. The number of nitro benzene ring substituents is 1. The number of carbonyl (C=O) groups excluding carboxylic acids is 2. The molecule has 0 saturated heterocycles. The summed E-state index contributed by atoms with van der Waals surface area (Å²) in [7, 11) is 0. The molecule has 0 aliphatic carbocycles. The average molecular weight is 450 g/mol. The standard InChI is InChI=1S/C23H19FN4O5/c24-18-7-9-19(10-8-18)26-23(30)15-33-20-11-5-16(6-12-20)14-25-27-22(29)13-17-3-1-2-4-21(17)28(31)32/h1-12,14H,13,15H2,(H,26,30)(H,27,29). The summed E-state index contributed by atoms with van der Waals surface area (Å²) in [6, 6.07) is 18.0. The summed E-state index contributed by atoms with van der Waals surface area (Å²) in [6.45, 7) is -0.230. The van der Waals surface area contributed by atoms with E-state index in [1.165, 1.54) is 48.7 Å². The first-order chi connectivity index (χ1) is 15.9. The molecule has 0 spiro atoms. The van der Waals surface area contributed by atoms with Gasteiger partial charge in [-0.3, -0.25) is 19.7 Å². The third kappa shape index (κ3) is 7.24. The van der Waals surface area contributed by atoms with Crippen molar-refractivity contribution >= 4 is 29.4 Å².